The van der Waals surface area contributed by atoms with E-state index < -0.39 is 10.0 Å². The van der Waals surface area contributed by atoms with Gasteiger partial charge in [0.15, 0.2) is 0 Å². The van der Waals surface area contributed by atoms with Crippen LogP contribution in [0, 0.1) is 12.8 Å². The van der Waals surface area contributed by atoms with Gasteiger partial charge in [-0.3, -0.25) is 0 Å². The average Bonchev–Trinajstić information content (AvgIpc) is 3.29. The van der Waals surface area contributed by atoms with Crippen LogP contribution in [0.25, 0.3) is 0 Å². The fraction of sp³-hybridized carbons (Fsp3) is 0.714. The first-order valence-corrected chi connectivity index (χ1v) is 9.51. The molecule has 0 aromatic carbocycles. The topological polar surface area (TPSA) is 49.4 Å². The molecule has 112 valence electrons. The highest BCUT2D eigenvalue weighted by Crippen LogP contribution is 2.33. The molecule has 6 heteroatoms. The second kappa shape index (κ2) is 5.40. The van der Waals surface area contributed by atoms with E-state index in [4.69, 9.17) is 0 Å². The van der Waals surface area contributed by atoms with E-state index in [2.05, 4.69) is 5.32 Å². The summed E-state index contributed by atoms with van der Waals surface area (Å²) >= 11 is 1.42. The molecule has 1 aromatic rings. The van der Waals surface area contributed by atoms with Crippen molar-refractivity contribution in [2.75, 3.05) is 13.6 Å². The average molecular weight is 314 g/mol. The lowest BCUT2D eigenvalue weighted by atomic mass is 10.3. The Kier molecular flexibility index (Phi) is 3.92. The monoisotopic (exact) mass is 314 g/mol. The van der Waals surface area contributed by atoms with Gasteiger partial charge in [-0.05, 0) is 50.2 Å². The third-order valence-electron chi connectivity index (χ3n) is 4.00. The Morgan fingerprint density at radius 3 is 2.65 bits per heavy atom. The van der Waals surface area contributed by atoms with E-state index in [1.807, 2.05) is 13.0 Å². The number of rotatable bonds is 7. The van der Waals surface area contributed by atoms with Crippen molar-refractivity contribution in [3.8, 4) is 0 Å². The minimum Gasteiger partial charge on any atom is -0.309 e. The number of sulfonamides is 1. The molecule has 0 unspecified atom stereocenters. The van der Waals surface area contributed by atoms with Gasteiger partial charge in [0.2, 0.25) is 0 Å². The summed E-state index contributed by atoms with van der Waals surface area (Å²) < 4.78 is 27.1. The molecule has 2 aliphatic carbocycles. The van der Waals surface area contributed by atoms with Crippen molar-refractivity contribution in [3.63, 3.8) is 0 Å². The standard InChI is InChI=1S/C14H22N2O2S2/c1-10-7-14(19-13(10)8-15-12-5-6-12)20(17,18)16(2)9-11-3-4-11/h7,11-12,15H,3-6,8-9H2,1-2H3. The van der Waals surface area contributed by atoms with Crippen LogP contribution in [-0.2, 0) is 16.6 Å². The van der Waals surface area contributed by atoms with Gasteiger partial charge in [-0.2, -0.15) is 4.31 Å². The van der Waals surface area contributed by atoms with E-state index in [1.54, 1.807) is 7.05 Å². The summed E-state index contributed by atoms with van der Waals surface area (Å²) in [5.74, 6) is 0.576. The van der Waals surface area contributed by atoms with Crippen molar-refractivity contribution < 1.29 is 8.42 Å². The van der Waals surface area contributed by atoms with Crippen LogP contribution in [0.15, 0.2) is 10.3 Å². The SMILES string of the molecule is Cc1cc(S(=O)(=O)N(C)CC2CC2)sc1CNC1CC1. The Labute approximate surface area is 125 Å². The van der Waals surface area contributed by atoms with E-state index in [-0.39, 0.29) is 0 Å². The maximum Gasteiger partial charge on any atom is 0.252 e. The van der Waals surface area contributed by atoms with E-state index in [0.29, 0.717) is 22.7 Å². The van der Waals surface area contributed by atoms with Crippen molar-refractivity contribution in [2.45, 2.75) is 49.4 Å². The van der Waals surface area contributed by atoms with Crippen molar-refractivity contribution in [1.29, 1.82) is 0 Å². The van der Waals surface area contributed by atoms with Gasteiger partial charge in [-0.15, -0.1) is 11.3 Å². The first kappa shape index (κ1) is 14.5. The fourth-order valence-electron chi connectivity index (χ4n) is 2.23. The van der Waals surface area contributed by atoms with Gasteiger partial charge in [0.1, 0.15) is 4.21 Å². The van der Waals surface area contributed by atoms with Gasteiger partial charge in [0, 0.05) is 31.1 Å². The molecule has 2 fully saturated rings. The van der Waals surface area contributed by atoms with Crippen molar-refractivity contribution >= 4 is 21.4 Å². The third kappa shape index (κ3) is 3.24. The molecule has 0 saturated heterocycles. The van der Waals surface area contributed by atoms with Crippen LogP contribution in [0.3, 0.4) is 0 Å². The van der Waals surface area contributed by atoms with E-state index in [1.165, 1.54) is 41.3 Å². The predicted octanol–water partition coefficient (Wildman–Crippen LogP) is 2.34. The molecule has 2 aliphatic rings. The van der Waals surface area contributed by atoms with Crippen LogP contribution in [0.5, 0.6) is 0 Å². The normalized spacial score (nSPS) is 19.8. The molecule has 1 aromatic heterocycles. The Morgan fingerprint density at radius 1 is 1.35 bits per heavy atom. The summed E-state index contributed by atoms with van der Waals surface area (Å²) in [5, 5.41) is 3.45. The molecule has 4 nitrogen and oxygen atoms in total. The summed E-state index contributed by atoms with van der Waals surface area (Å²) in [7, 11) is -1.60. The molecule has 0 bridgehead atoms. The molecule has 1 heterocycles. The van der Waals surface area contributed by atoms with Crippen LogP contribution in [-0.4, -0.2) is 32.4 Å². The highest BCUT2D eigenvalue weighted by molar-refractivity contribution is 7.91. The van der Waals surface area contributed by atoms with Crippen LogP contribution >= 0.6 is 11.3 Å². The van der Waals surface area contributed by atoms with Crippen molar-refractivity contribution in [3.05, 3.63) is 16.5 Å². The Bertz CT molecular complexity index is 586. The lowest BCUT2D eigenvalue weighted by Crippen LogP contribution is -2.28. The summed E-state index contributed by atoms with van der Waals surface area (Å²) in [6.07, 6.45) is 4.83. The van der Waals surface area contributed by atoms with E-state index >= 15 is 0 Å². The quantitative estimate of drug-likeness (QED) is 0.840. The molecule has 3 rings (SSSR count). The Hall–Kier alpha value is -0.430. The minimum atomic E-state index is -3.29. The molecule has 2 saturated carbocycles. The molecule has 1 N–H and O–H groups in total. The lowest BCUT2D eigenvalue weighted by Gasteiger charge is -2.15. The molecular weight excluding hydrogens is 292 g/mol. The zero-order valence-electron chi connectivity index (χ0n) is 12.1. The van der Waals surface area contributed by atoms with Crippen LogP contribution in [0.2, 0.25) is 0 Å². The number of nitrogens with zero attached hydrogens (tertiary/aromatic N) is 1. The van der Waals surface area contributed by atoms with Gasteiger partial charge < -0.3 is 5.32 Å². The largest absolute Gasteiger partial charge is 0.309 e. The zero-order valence-corrected chi connectivity index (χ0v) is 13.7. The van der Waals surface area contributed by atoms with Gasteiger partial charge in [-0.25, -0.2) is 8.42 Å². The molecule has 0 amide bonds. The number of nitrogens with one attached hydrogen (secondary N) is 1. The van der Waals surface area contributed by atoms with Crippen molar-refractivity contribution in [1.82, 2.24) is 9.62 Å². The number of hydrogen-bond acceptors (Lipinski definition) is 4. The van der Waals surface area contributed by atoms with Gasteiger partial charge >= 0.3 is 0 Å². The van der Waals surface area contributed by atoms with Crippen LogP contribution in [0.4, 0.5) is 0 Å². The second-order valence-corrected chi connectivity index (χ2v) is 9.46. The van der Waals surface area contributed by atoms with Gasteiger partial charge in [0.25, 0.3) is 10.0 Å². The summed E-state index contributed by atoms with van der Waals surface area (Å²) in [5.41, 5.74) is 1.08. The third-order valence-corrected chi connectivity index (χ3v) is 7.51. The van der Waals surface area contributed by atoms with Crippen LogP contribution in [0.1, 0.15) is 36.1 Å². The summed E-state index contributed by atoms with van der Waals surface area (Å²) in [4.78, 5) is 1.15. The molecule has 0 atom stereocenters. The number of aryl methyl sites for hydroxylation is 1. The molecule has 20 heavy (non-hydrogen) atoms. The molecule has 0 radical (unpaired) electrons. The summed E-state index contributed by atoms with van der Waals surface area (Å²) in [6, 6.07) is 2.47. The first-order chi connectivity index (χ1) is 9.46. The molecule has 0 aliphatic heterocycles. The zero-order chi connectivity index (χ0) is 14.3. The van der Waals surface area contributed by atoms with Gasteiger partial charge in [-0.1, -0.05) is 0 Å². The maximum atomic E-state index is 12.5. The minimum absolute atomic E-state index is 0.491. The highest BCUT2D eigenvalue weighted by atomic mass is 32.2. The highest BCUT2D eigenvalue weighted by Gasteiger charge is 2.30. The lowest BCUT2D eigenvalue weighted by molar-refractivity contribution is 0.454. The predicted molar refractivity (Wildman–Crippen MR) is 81.5 cm³/mol. The molecular formula is C14H22N2O2S2. The fourth-order valence-corrected chi connectivity index (χ4v) is 5.23. The Balaban J connectivity index is 1.72. The van der Waals surface area contributed by atoms with Gasteiger partial charge in [0.05, 0.1) is 0 Å². The van der Waals surface area contributed by atoms with E-state index in [0.717, 1.165) is 17.0 Å². The van der Waals surface area contributed by atoms with Crippen LogP contribution < -0.4 is 5.32 Å². The smallest absolute Gasteiger partial charge is 0.252 e. The molecule has 0 spiro atoms. The second-order valence-electron chi connectivity index (χ2n) is 6.06. The Morgan fingerprint density at radius 2 is 2.05 bits per heavy atom. The summed E-state index contributed by atoms with van der Waals surface area (Å²) in [6.45, 7) is 3.46. The number of hydrogen-bond donors (Lipinski definition) is 1. The number of thiophene rings is 1. The first-order valence-electron chi connectivity index (χ1n) is 7.26. The van der Waals surface area contributed by atoms with Crippen molar-refractivity contribution in [2.24, 2.45) is 5.92 Å². The van der Waals surface area contributed by atoms with E-state index in [9.17, 15) is 8.42 Å². The maximum absolute atomic E-state index is 12.5.